The highest BCUT2D eigenvalue weighted by molar-refractivity contribution is 6.38. The van der Waals surface area contributed by atoms with Crippen molar-refractivity contribution in [2.75, 3.05) is 0 Å². The first-order chi connectivity index (χ1) is 13.0. The van der Waals surface area contributed by atoms with Crippen LogP contribution in [0.2, 0.25) is 0 Å². The highest BCUT2D eigenvalue weighted by Gasteiger charge is 2.29. The Morgan fingerprint density at radius 2 is 1.93 bits per heavy atom. The van der Waals surface area contributed by atoms with E-state index < -0.39 is 23.6 Å². The summed E-state index contributed by atoms with van der Waals surface area (Å²) in [7, 11) is 0. The summed E-state index contributed by atoms with van der Waals surface area (Å²) >= 11 is 0. The largest absolute Gasteiger partial charge is 0.472 e. The number of aromatic nitrogens is 1. The van der Waals surface area contributed by atoms with Crippen molar-refractivity contribution in [3.8, 4) is 11.3 Å². The number of carbonyl (C=O) groups excluding carboxylic acids is 3. The van der Waals surface area contributed by atoms with Crippen molar-refractivity contribution in [1.82, 2.24) is 10.5 Å². The molecule has 0 aliphatic carbocycles. The number of hydrogen-bond acceptors (Lipinski definition) is 6. The smallest absolute Gasteiger partial charge is 0.287 e. The van der Waals surface area contributed by atoms with Gasteiger partial charge in [0.1, 0.15) is 23.1 Å². The molecule has 3 rings (SSSR count). The zero-order chi connectivity index (χ0) is 19.4. The van der Waals surface area contributed by atoms with E-state index in [1.165, 1.54) is 12.5 Å². The van der Waals surface area contributed by atoms with E-state index in [0.29, 0.717) is 5.56 Å². The van der Waals surface area contributed by atoms with Crippen molar-refractivity contribution < 1.29 is 23.3 Å². The molecule has 1 unspecified atom stereocenters. The molecule has 0 saturated heterocycles. The summed E-state index contributed by atoms with van der Waals surface area (Å²) in [6.07, 6.45) is 2.99. The Bertz CT molecular complexity index is 961. The minimum Gasteiger partial charge on any atom is -0.472 e. The predicted molar refractivity (Wildman–Crippen MR) is 94.5 cm³/mol. The Morgan fingerprint density at radius 3 is 2.56 bits per heavy atom. The Morgan fingerprint density at radius 1 is 1.19 bits per heavy atom. The number of nitrogens with zero attached hydrogens (tertiary/aromatic N) is 1. The molecule has 0 aliphatic heterocycles. The maximum absolute atomic E-state index is 12.8. The molecule has 8 heteroatoms. The van der Waals surface area contributed by atoms with Crippen LogP contribution in [0.4, 0.5) is 0 Å². The molecule has 1 atom stereocenters. The van der Waals surface area contributed by atoms with Crippen LogP contribution in [0.5, 0.6) is 0 Å². The third-order valence-corrected chi connectivity index (χ3v) is 4.03. The maximum atomic E-state index is 12.8. The van der Waals surface area contributed by atoms with Gasteiger partial charge in [0.05, 0.1) is 12.5 Å². The number of nitrogens with one attached hydrogen (secondary N) is 1. The summed E-state index contributed by atoms with van der Waals surface area (Å²) in [6, 6.07) is 9.51. The van der Waals surface area contributed by atoms with Gasteiger partial charge in [0, 0.05) is 12.0 Å². The molecule has 1 aromatic carbocycles. The number of nitrogens with two attached hydrogens (primary N) is 1. The van der Waals surface area contributed by atoms with Crippen molar-refractivity contribution in [2.24, 2.45) is 5.73 Å². The second kappa shape index (κ2) is 7.69. The van der Waals surface area contributed by atoms with Crippen LogP contribution in [-0.4, -0.2) is 28.8 Å². The normalized spacial score (nSPS) is 11.7. The Labute approximate surface area is 154 Å². The van der Waals surface area contributed by atoms with Gasteiger partial charge in [-0.2, -0.15) is 0 Å². The number of ketones is 1. The molecule has 3 N–H and O–H groups in total. The van der Waals surface area contributed by atoms with Gasteiger partial charge in [-0.15, -0.1) is 0 Å². The SMILES string of the molecule is Cc1onc(-c2ccoc2)c1C(=O)NC(Cc1ccccc1)C(=O)C(N)=O. The Hall–Kier alpha value is -3.68. The molecule has 2 aromatic heterocycles. The molecule has 0 aliphatic rings. The second-order valence-corrected chi connectivity index (χ2v) is 5.92. The molecule has 0 fully saturated rings. The van der Waals surface area contributed by atoms with Gasteiger partial charge in [0.15, 0.2) is 0 Å². The van der Waals surface area contributed by atoms with E-state index in [2.05, 4.69) is 10.5 Å². The van der Waals surface area contributed by atoms with Crippen molar-refractivity contribution in [3.05, 3.63) is 65.8 Å². The van der Waals surface area contributed by atoms with Crippen LogP contribution >= 0.6 is 0 Å². The van der Waals surface area contributed by atoms with Crippen LogP contribution in [0.3, 0.4) is 0 Å². The Balaban J connectivity index is 1.88. The van der Waals surface area contributed by atoms with Gasteiger partial charge in [-0.05, 0) is 18.6 Å². The molecule has 8 nitrogen and oxygen atoms in total. The fourth-order valence-electron chi connectivity index (χ4n) is 2.70. The number of hydrogen-bond donors (Lipinski definition) is 2. The lowest BCUT2D eigenvalue weighted by Crippen LogP contribution is -2.47. The van der Waals surface area contributed by atoms with Gasteiger partial charge in [0.25, 0.3) is 11.8 Å². The number of aryl methyl sites for hydroxylation is 1. The van der Waals surface area contributed by atoms with Crippen LogP contribution in [0.1, 0.15) is 21.7 Å². The standard InChI is InChI=1S/C19H17N3O5/c1-11-15(16(22-27-11)13-7-8-26-10-13)19(25)21-14(17(23)18(20)24)9-12-5-3-2-4-6-12/h2-8,10,14H,9H2,1H3,(H2,20,24)(H,21,25). The van der Waals surface area contributed by atoms with E-state index in [9.17, 15) is 14.4 Å². The quantitative estimate of drug-likeness (QED) is 0.611. The van der Waals surface area contributed by atoms with Gasteiger partial charge in [-0.3, -0.25) is 14.4 Å². The summed E-state index contributed by atoms with van der Waals surface area (Å²) in [4.78, 5) is 36.4. The molecule has 0 saturated carbocycles. The summed E-state index contributed by atoms with van der Waals surface area (Å²) in [5.41, 5.74) is 6.91. The lowest BCUT2D eigenvalue weighted by Gasteiger charge is -2.16. The topological polar surface area (TPSA) is 128 Å². The lowest BCUT2D eigenvalue weighted by atomic mass is 10.0. The summed E-state index contributed by atoms with van der Waals surface area (Å²) in [5.74, 6) is -2.33. The van der Waals surface area contributed by atoms with Crippen LogP contribution in [0.25, 0.3) is 11.3 Å². The van der Waals surface area contributed by atoms with Crippen LogP contribution in [0, 0.1) is 6.92 Å². The van der Waals surface area contributed by atoms with Gasteiger partial charge in [-0.1, -0.05) is 35.5 Å². The highest BCUT2D eigenvalue weighted by Crippen LogP contribution is 2.25. The lowest BCUT2D eigenvalue weighted by molar-refractivity contribution is -0.137. The molecular weight excluding hydrogens is 350 g/mol. The van der Waals surface area contributed by atoms with Crippen molar-refractivity contribution in [1.29, 1.82) is 0 Å². The first kappa shape index (κ1) is 18.1. The fraction of sp³-hybridized carbons (Fsp3) is 0.158. The number of primary amides is 1. The van der Waals surface area contributed by atoms with E-state index in [4.69, 9.17) is 14.7 Å². The van der Waals surface area contributed by atoms with E-state index in [1.54, 1.807) is 37.3 Å². The van der Waals surface area contributed by atoms with E-state index in [-0.39, 0.29) is 23.4 Å². The number of benzene rings is 1. The monoisotopic (exact) mass is 367 g/mol. The molecule has 0 bridgehead atoms. The minimum absolute atomic E-state index is 0.125. The van der Waals surface area contributed by atoms with Gasteiger partial charge >= 0.3 is 0 Å². The zero-order valence-electron chi connectivity index (χ0n) is 14.5. The predicted octanol–water partition coefficient (Wildman–Crippen LogP) is 1.64. The Kier molecular flexibility index (Phi) is 5.16. The molecule has 2 amide bonds. The number of amides is 2. The van der Waals surface area contributed by atoms with E-state index >= 15 is 0 Å². The molecule has 3 aromatic rings. The molecule has 27 heavy (non-hydrogen) atoms. The number of rotatable bonds is 7. The van der Waals surface area contributed by atoms with Gasteiger partial charge < -0.3 is 20.0 Å². The van der Waals surface area contributed by atoms with E-state index in [1.807, 2.05) is 6.07 Å². The number of Topliss-reactive ketones (excluding diaryl/α,β-unsaturated/α-hetero) is 1. The van der Waals surface area contributed by atoms with Crippen LogP contribution in [0.15, 0.2) is 57.9 Å². The van der Waals surface area contributed by atoms with Crippen molar-refractivity contribution in [3.63, 3.8) is 0 Å². The van der Waals surface area contributed by atoms with Gasteiger partial charge in [0.2, 0.25) is 5.78 Å². The summed E-state index contributed by atoms with van der Waals surface area (Å²) in [5, 5.41) is 6.45. The maximum Gasteiger partial charge on any atom is 0.287 e. The van der Waals surface area contributed by atoms with Crippen molar-refractivity contribution >= 4 is 17.6 Å². The molecule has 0 spiro atoms. The molecule has 138 valence electrons. The zero-order valence-corrected chi connectivity index (χ0v) is 14.5. The number of carbonyl (C=O) groups is 3. The average Bonchev–Trinajstić information content (AvgIpc) is 3.30. The first-order valence-electron chi connectivity index (χ1n) is 8.14. The minimum atomic E-state index is -1.12. The second-order valence-electron chi connectivity index (χ2n) is 5.92. The molecule has 0 radical (unpaired) electrons. The van der Waals surface area contributed by atoms with Crippen molar-refractivity contribution in [2.45, 2.75) is 19.4 Å². The van der Waals surface area contributed by atoms with E-state index in [0.717, 1.165) is 5.56 Å². The van der Waals surface area contributed by atoms with Crippen LogP contribution in [-0.2, 0) is 16.0 Å². The molecular formula is C19H17N3O5. The van der Waals surface area contributed by atoms with Gasteiger partial charge in [-0.25, -0.2) is 0 Å². The average molecular weight is 367 g/mol. The third kappa shape index (κ3) is 3.95. The summed E-state index contributed by atoms with van der Waals surface area (Å²) < 4.78 is 10.1. The first-order valence-corrected chi connectivity index (χ1v) is 8.14. The summed E-state index contributed by atoms with van der Waals surface area (Å²) in [6.45, 7) is 1.58. The number of furan rings is 1. The highest BCUT2D eigenvalue weighted by atomic mass is 16.5. The van der Waals surface area contributed by atoms with Crippen LogP contribution < -0.4 is 11.1 Å². The molecule has 2 heterocycles. The fourth-order valence-corrected chi connectivity index (χ4v) is 2.70. The third-order valence-electron chi connectivity index (χ3n) is 4.03.